The molecule has 0 saturated heterocycles. The number of aryl methyl sites for hydroxylation is 1. The van der Waals surface area contributed by atoms with Crippen LogP contribution in [-0.4, -0.2) is 5.11 Å². The molecule has 0 radical (unpaired) electrons. The largest absolute Gasteiger partial charge is 0.358 e. The van der Waals surface area contributed by atoms with E-state index < -0.39 is 0 Å². The summed E-state index contributed by atoms with van der Waals surface area (Å²) in [6.07, 6.45) is 0. The predicted molar refractivity (Wildman–Crippen MR) is 93.4 cm³/mol. The zero-order chi connectivity index (χ0) is 14.5. The number of rotatable bonds is 3. The van der Waals surface area contributed by atoms with E-state index >= 15 is 0 Å². The van der Waals surface area contributed by atoms with Gasteiger partial charge < -0.3 is 10.6 Å². The first-order chi connectivity index (χ1) is 9.54. The van der Waals surface area contributed by atoms with Crippen molar-refractivity contribution in [1.29, 1.82) is 0 Å². The monoisotopic (exact) mass is 368 g/mol. The van der Waals surface area contributed by atoms with Crippen molar-refractivity contribution in [3.8, 4) is 0 Å². The summed E-state index contributed by atoms with van der Waals surface area (Å²) in [5.41, 5.74) is 3.26. The molecule has 104 valence electrons. The smallest absolute Gasteiger partial charge is 0.171 e. The maximum atomic E-state index is 5.85. The van der Waals surface area contributed by atoms with E-state index in [0.717, 1.165) is 26.3 Å². The Morgan fingerprint density at radius 3 is 2.55 bits per heavy atom. The minimum absolute atomic E-state index is 0.599. The van der Waals surface area contributed by atoms with Gasteiger partial charge in [0.15, 0.2) is 5.11 Å². The molecule has 0 bridgehead atoms. The van der Waals surface area contributed by atoms with Crippen LogP contribution in [-0.2, 0) is 6.54 Å². The summed E-state index contributed by atoms with van der Waals surface area (Å²) in [6, 6.07) is 13.7. The maximum absolute atomic E-state index is 5.85. The van der Waals surface area contributed by atoms with Crippen LogP contribution in [0.15, 0.2) is 46.9 Å². The van der Waals surface area contributed by atoms with E-state index in [1.54, 1.807) is 0 Å². The lowest BCUT2D eigenvalue weighted by molar-refractivity contribution is 0.926. The van der Waals surface area contributed by atoms with E-state index in [1.165, 1.54) is 0 Å². The molecule has 0 fully saturated rings. The van der Waals surface area contributed by atoms with Crippen LogP contribution in [0.1, 0.15) is 11.1 Å². The Bertz CT molecular complexity index is 614. The van der Waals surface area contributed by atoms with Crippen molar-refractivity contribution in [2.45, 2.75) is 13.5 Å². The van der Waals surface area contributed by atoms with Gasteiger partial charge in [-0.1, -0.05) is 39.7 Å². The summed E-state index contributed by atoms with van der Waals surface area (Å²) in [5.74, 6) is 0. The molecule has 2 rings (SSSR count). The maximum Gasteiger partial charge on any atom is 0.171 e. The minimum atomic E-state index is 0.599. The highest BCUT2D eigenvalue weighted by atomic mass is 79.9. The fourth-order valence-electron chi connectivity index (χ4n) is 1.68. The molecule has 2 nitrogen and oxygen atoms in total. The van der Waals surface area contributed by atoms with Gasteiger partial charge in [-0.25, -0.2) is 0 Å². The second kappa shape index (κ2) is 7.07. The molecule has 0 aliphatic rings. The summed E-state index contributed by atoms with van der Waals surface area (Å²) in [5, 5.41) is 7.67. The lowest BCUT2D eigenvalue weighted by Crippen LogP contribution is -2.27. The zero-order valence-corrected chi connectivity index (χ0v) is 14.1. The van der Waals surface area contributed by atoms with Crippen molar-refractivity contribution in [2.24, 2.45) is 0 Å². The topological polar surface area (TPSA) is 24.1 Å². The van der Waals surface area contributed by atoms with Crippen LogP contribution >= 0.6 is 39.7 Å². The highest BCUT2D eigenvalue weighted by Crippen LogP contribution is 2.19. The molecule has 0 aromatic heterocycles. The van der Waals surface area contributed by atoms with Crippen molar-refractivity contribution >= 4 is 50.5 Å². The number of anilines is 1. The van der Waals surface area contributed by atoms with Crippen molar-refractivity contribution in [3.05, 3.63) is 63.1 Å². The van der Waals surface area contributed by atoms with Gasteiger partial charge in [0.25, 0.3) is 0 Å². The lowest BCUT2D eigenvalue weighted by atomic mass is 10.2. The SMILES string of the molecule is Cc1cc(NC(=S)NCc2ccc(Cl)cc2)ccc1Br. The molecule has 0 heterocycles. The van der Waals surface area contributed by atoms with Gasteiger partial charge in [0.05, 0.1) is 0 Å². The number of benzene rings is 2. The third-order valence-corrected chi connectivity index (χ3v) is 4.17. The Kier molecular flexibility index (Phi) is 5.40. The third kappa shape index (κ3) is 4.47. The summed E-state index contributed by atoms with van der Waals surface area (Å²) in [7, 11) is 0. The van der Waals surface area contributed by atoms with E-state index in [2.05, 4.69) is 26.6 Å². The minimum Gasteiger partial charge on any atom is -0.358 e. The molecule has 2 aromatic rings. The van der Waals surface area contributed by atoms with Gasteiger partial charge in [-0.15, -0.1) is 0 Å². The van der Waals surface area contributed by atoms with Gasteiger partial charge in [-0.05, 0) is 60.6 Å². The Balaban J connectivity index is 1.89. The fraction of sp³-hybridized carbons (Fsp3) is 0.133. The average Bonchev–Trinajstić information content (AvgIpc) is 2.42. The van der Waals surface area contributed by atoms with Crippen LogP contribution in [0.25, 0.3) is 0 Å². The summed E-state index contributed by atoms with van der Waals surface area (Å²) in [4.78, 5) is 0. The van der Waals surface area contributed by atoms with Crippen molar-refractivity contribution < 1.29 is 0 Å². The third-order valence-electron chi connectivity index (χ3n) is 2.78. The van der Waals surface area contributed by atoms with Crippen molar-refractivity contribution in [1.82, 2.24) is 5.32 Å². The summed E-state index contributed by atoms with van der Waals surface area (Å²) < 4.78 is 1.09. The standard InChI is InChI=1S/C15H14BrClN2S/c1-10-8-13(6-7-14(10)16)19-15(20)18-9-11-2-4-12(17)5-3-11/h2-8H,9H2,1H3,(H2,18,19,20). The van der Waals surface area contributed by atoms with Crippen molar-refractivity contribution in [3.63, 3.8) is 0 Å². The molecule has 0 atom stereocenters. The quantitative estimate of drug-likeness (QED) is 0.753. The zero-order valence-electron chi connectivity index (χ0n) is 10.9. The van der Waals surface area contributed by atoms with Crippen LogP contribution in [0.5, 0.6) is 0 Å². The number of thiocarbonyl (C=S) groups is 1. The van der Waals surface area contributed by atoms with Crippen LogP contribution in [0.4, 0.5) is 5.69 Å². The Labute approximate surface area is 137 Å². The van der Waals surface area contributed by atoms with Crippen LogP contribution in [0.2, 0.25) is 5.02 Å². The van der Waals surface area contributed by atoms with Crippen LogP contribution in [0.3, 0.4) is 0 Å². The fourth-order valence-corrected chi connectivity index (χ4v) is 2.24. The molecule has 2 N–H and O–H groups in total. The molecule has 0 unspecified atom stereocenters. The van der Waals surface area contributed by atoms with Gasteiger partial charge in [0.1, 0.15) is 0 Å². The number of nitrogens with one attached hydrogen (secondary N) is 2. The van der Waals surface area contributed by atoms with Gasteiger partial charge in [0, 0.05) is 21.7 Å². The second-order valence-corrected chi connectivity index (χ2v) is 6.10. The Hall–Kier alpha value is -1.10. The van der Waals surface area contributed by atoms with E-state index in [0.29, 0.717) is 11.7 Å². The molecule has 0 aliphatic carbocycles. The highest BCUT2D eigenvalue weighted by molar-refractivity contribution is 9.10. The first kappa shape index (κ1) is 15.3. The molecule has 20 heavy (non-hydrogen) atoms. The van der Waals surface area contributed by atoms with E-state index in [-0.39, 0.29) is 0 Å². The molecule has 2 aromatic carbocycles. The molecule has 5 heteroatoms. The average molecular weight is 370 g/mol. The van der Waals surface area contributed by atoms with Gasteiger partial charge in [0.2, 0.25) is 0 Å². The second-order valence-electron chi connectivity index (χ2n) is 4.40. The first-order valence-electron chi connectivity index (χ1n) is 6.10. The predicted octanol–water partition coefficient (Wildman–Crippen LogP) is 4.90. The van der Waals surface area contributed by atoms with E-state index in [4.69, 9.17) is 23.8 Å². The number of halogens is 2. The van der Waals surface area contributed by atoms with Gasteiger partial charge in [-0.3, -0.25) is 0 Å². The van der Waals surface area contributed by atoms with E-state index in [1.807, 2.05) is 49.4 Å². The normalized spacial score (nSPS) is 10.2. The molecular formula is C15H14BrClN2S. The number of hydrogen-bond donors (Lipinski definition) is 2. The van der Waals surface area contributed by atoms with Crippen LogP contribution < -0.4 is 10.6 Å². The summed E-state index contributed by atoms with van der Waals surface area (Å²) in [6.45, 7) is 2.71. The van der Waals surface area contributed by atoms with E-state index in [9.17, 15) is 0 Å². The summed E-state index contributed by atoms with van der Waals surface area (Å²) >= 11 is 14.6. The molecule has 0 aliphatic heterocycles. The molecule has 0 amide bonds. The lowest BCUT2D eigenvalue weighted by Gasteiger charge is -2.11. The highest BCUT2D eigenvalue weighted by Gasteiger charge is 2.00. The molecule has 0 saturated carbocycles. The first-order valence-corrected chi connectivity index (χ1v) is 7.68. The number of hydrogen-bond acceptors (Lipinski definition) is 1. The Morgan fingerprint density at radius 1 is 1.20 bits per heavy atom. The van der Waals surface area contributed by atoms with Crippen LogP contribution in [0, 0.1) is 6.92 Å². The Morgan fingerprint density at radius 2 is 1.90 bits per heavy atom. The van der Waals surface area contributed by atoms with Gasteiger partial charge in [-0.2, -0.15) is 0 Å². The van der Waals surface area contributed by atoms with Crippen molar-refractivity contribution in [2.75, 3.05) is 5.32 Å². The molecule has 0 spiro atoms. The molecular weight excluding hydrogens is 356 g/mol. The van der Waals surface area contributed by atoms with Gasteiger partial charge >= 0.3 is 0 Å².